The second kappa shape index (κ2) is 8.46. The summed E-state index contributed by atoms with van der Waals surface area (Å²) >= 11 is 0. The van der Waals surface area contributed by atoms with Crippen LogP contribution in [0.3, 0.4) is 0 Å². The van der Waals surface area contributed by atoms with E-state index in [-0.39, 0.29) is 29.0 Å². The molecule has 6 nitrogen and oxygen atoms in total. The summed E-state index contributed by atoms with van der Waals surface area (Å²) in [5.74, 6) is -0.0446. The first-order valence-corrected chi connectivity index (χ1v) is 12.4. The predicted molar refractivity (Wildman–Crippen MR) is 121 cm³/mol. The minimum atomic E-state index is -3.67. The van der Waals surface area contributed by atoms with Crippen molar-refractivity contribution < 1.29 is 18.0 Å². The molecule has 1 atom stereocenters. The molecule has 2 amide bonds. The minimum absolute atomic E-state index is 0.121. The normalized spacial score (nSPS) is 16.6. The van der Waals surface area contributed by atoms with Crippen LogP contribution in [0, 0.1) is 5.92 Å². The highest BCUT2D eigenvalue weighted by molar-refractivity contribution is 7.92. The molecule has 0 bridgehead atoms. The zero-order chi connectivity index (χ0) is 22.2. The molecule has 2 aromatic rings. The third-order valence-corrected chi connectivity index (χ3v) is 8.28. The number of para-hydroxylation sites is 1. The first-order chi connectivity index (χ1) is 14.8. The molecule has 4 rings (SSSR count). The van der Waals surface area contributed by atoms with Crippen LogP contribution in [-0.2, 0) is 32.3 Å². The van der Waals surface area contributed by atoms with Crippen molar-refractivity contribution in [1.29, 1.82) is 0 Å². The summed E-state index contributed by atoms with van der Waals surface area (Å²) < 4.78 is 26.2. The SMILES string of the molecule is CCc1ccccc1NC(=O)C[C@H](C)S(=O)(=O)c1ccc2c(c1)CCN2C(=O)C1CC1. The third-order valence-electron chi connectivity index (χ3n) is 6.14. The van der Waals surface area contributed by atoms with Crippen LogP contribution in [0.25, 0.3) is 0 Å². The lowest BCUT2D eigenvalue weighted by Crippen LogP contribution is -2.30. The largest absolute Gasteiger partial charge is 0.326 e. The number of amides is 2. The number of nitrogens with one attached hydrogen (secondary N) is 1. The Morgan fingerprint density at radius 2 is 1.90 bits per heavy atom. The maximum Gasteiger partial charge on any atom is 0.230 e. The summed E-state index contributed by atoms with van der Waals surface area (Å²) in [4.78, 5) is 27.0. The van der Waals surface area contributed by atoms with Crippen molar-refractivity contribution in [1.82, 2.24) is 0 Å². The van der Waals surface area contributed by atoms with Crippen LogP contribution in [0.5, 0.6) is 0 Å². The number of hydrogen-bond donors (Lipinski definition) is 1. The van der Waals surface area contributed by atoms with E-state index in [9.17, 15) is 18.0 Å². The van der Waals surface area contributed by atoms with E-state index in [1.807, 2.05) is 31.2 Å². The van der Waals surface area contributed by atoms with Crippen molar-refractivity contribution in [2.24, 2.45) is 5.92 Å². The number of nitrogens with zero attached hydrogens (tertiary/aromatic N) is 1. The van der Waals surface area contributed by atoms with Gasteiger partial charge in [-0.05, 0) is 68.0 Å². The standard InChI is InChI=1S/C24H28N2O4S/c1-3-17-6-4-5-7-21(17)25-23(27)14-16(2)31(29,30)20-10-11-22-19(15-20)12-13-26(22)24(28)18-8-9-18/h4-7,10-11,15-16,18H,3,8-9,12-14H2,1-2H3,(H,25,27)/t16-/m0/s1. The topological polar surface area (TPSA) is 83.6 Å². The highest BCUT2D eigenvalue weighted by Crippen LogP contribution is 2.37. The number of rotatable bonds is 7. The van der Waals surface area contributed by atoms with Crippen molar-refractivity contribution >= 4 is 33.0 Å². The lowest BCUT2D eigenvalue weighted by atomic mass is 10.1. The summed E-state index contributed by atoms with van der Waals surface area (Å²) in [5.41, 5.74) is 3.42. The third kappa shape index (κ3) is 4.37. The Morgan fingerprint density at radius 3 is 2.61 bits per heavy atom. The number of aryl methyl sites for hydroxylation is 1. The van der Waals surface area contributed by atoms with Gasteiger partial charge in [0.1, 0.15) is 0 Å². The van der Waals surface area contributed by atoms with Crippen LogP contribution in [0.2, 0.25) is 0 Å². The molecule has 0 saturated heterocycles. The molecule has 0 spiro atoms. The molecule has 1 N–H and O–H groups in total. The Hall–Kier alpha value is -2.67. The smallest absolute Gasteiger partial charge is 0.230 e. The second-order valence-electron chi connectivity index (χ2n) is 8.42. The number of hydrogen-bond acceptors (Lipinski definition) is 4. The molecule has 0 aromatic heterocycles. The molecule has 1 fully saturated rings. The first kappa shape index (κ1) is 21.6. The van der Waals surface area contributed by atoms with Gasteiger partial charge in [0.15, 0.2) is 9.84 Å². The molecular formula is C24H28N2O4S. The molecule has 0 radical (unpaired) electrons. The van der Waals surface area contributed by atoms with E-state index in [2.05, 4.69) is 5.32 Å². The highest BCUT2D eigenvalue weighted by atomic mass is 32.2. The zero-order valence-corrected chi connectivity index (χ0v) is 18.7. The minimum Gasteiger partial charge on any atom is -0.326 e. The Kier molecular flexibility index (Phi) is 5.88. The van der Waals surface area contributed by atoms with Crippen molar-refractivity contribution in [3.8, 4) is 0 Å². The molecule has 1 saturated carbocycles. The number of benzene rings is 2. The summed E-state index contributed by atoms with van der Waals surface area (Å²) in [5, 5.41) is 1.99. The van der Waals surface area contributed by atoms with Gasteiger partial charge < -0.3 is 10.2 Å². The highest BCUT2D eigenvalue weighted by Gasteiger charge is 2.37. The molecule has 2 aromatic carbocycles. The lowest BCUT2D eigenvalue weighted by molar-refractivity contribution is -0.119. The van der Waals surface area contributed by atoms with E-state index < -0.39 is 15.1 Å². The Morgan fingerprint density at radius 1 is 1.16 bits per heavy atom. The van der Waals surface area contributed by atoms with E-state index >= 15 is 0 Å². The quantitative estimate of drug-likeness (QED) is 0.711. The van der Waals surface area contributed by atoms with E-state index in [1.54, 1.807) is 30.0 Å². The van der Waals surface area contributed by atoms with Gasteiger partial charge >= 0.3 is 0 Å². The first-order valence-electron chi connectivity index (χ1n) is 10.9. The maximum absolute atomic E-state index is 13.1. The summed E-state index contributed by atoms with van der Waals surface area (Å²) in [6.07, 6.45) is 3.20. The van der Waals surface area contributed by atoms with Gasteiger partial charge in [-0.3, -0.25) is 9.59 Å². The molecule has 2 aliphatic rings. The van der Waals surface area contributed by atoms with Gasteiger partial charge in [-0.15, -0.1) is 0 Å². The number of sulfone groups is 1. The molecule has 1 heterocycles. The van der Waals surface area contributed by atoms with Crippen molar-refractivity contribution in [2.45, 2.75) is 56.1 Å². The van der Waals surface area contributed by atoms with Gasteiger partial charge in [0.05, 0.1) is 10.1 Å². The van der Waals surface area contributed by atoms with E-state index in [1.165, 1.54) is 0 Å². The fourth-order valence-corrected chi connectivity index (χ4v) is 5.49. The molecule has 31 heavy (non-hydrogen) atoms. The van der Waals surface area contributed by atoms with Crippen LogP contribution in [0.15, 0.2) is 47.4 Å². The van der Waals surface area contributed by atoms with Gasteiger partial charge in [-0.1, -0.05) is 25.1 Å². The van der Waals surface area contributed by atoms with E-state index in [4.69, 9.17) is 0 Å². The van der Waals surface area contributed by atoms with Crippen LogP contribution in [-0.4, -0.2) is 32.0 Å². The van der Waals surface area contributed by atoms with Gasteiger partial charge in [0, 0.05) is 30.3 Å². The lowest BCUT2D eigenvalue weighted by Gasteiger charge is -2.18. The van der Waals surface area contributed by atoms with Crippen LogP contribution in [0.4, 0.5) is 11.4 Å². The Labute approximate surface area is 183 Å². The molecular weight excluding hydrogens is 412 g/mol. The molecule has 0 unspecified atom stereocenters. The summed E-state index contributed by atoms with van der Waals surface area (Å²) in [6.45, 7) is 4.17. The van der Waals surface area contributed by atoms with Crippen LogP contribution < -0.4 is 10.2 Å². The van der Waals surface area contributed by atoms with Crippen molar-refractivity contribution in [2.75, 3.05) is 16.8 Å². The number of carbonyl (C=O) groups is 2. The van der Waals surface area contributed by atoms with Crippen LogP contribution in [0.1, 0.15) is 44.2 Å². The zero-order valence-electron chi connectivity index (χ0n) is 17.9. The van der Waals surface area contributed by atoms with Crippen molar-refractivity contribution in [3.05, 3.63) is 53.6 Å². The summed E-state index contributed by atoms with van der Waals surface area (Å²) in [7, 11) is -3.67. The average Bonchev–Trinajstić information content (AvgIpc) is 3.52. The van der Waals surface area contributed by atoms with Gasteiger partial charge in [0.2, 0.25) is 11.8 Å². The van der Waals surface area contributed by atoms with Gasteiger partial charge in [-0.25, -0.2) is 8.42 Å². The van der Waals surface area contributed by atoms with E-state index in [0.29, 0.717) is 13.0 Å². The average molecular weight is 441 g/mol. The Balaban J connectivity index is 1.46. The Bertz CT molecular complexity index is 1120. The fraction of sp³-hybridized carbons (Fsp3) is 0.417. The van der Waals surface area contributed by atoms with E-state index in [0.717, 1.165) is 41.8 Å². The number of carbonyl (C=O) groups excluding carboxylic acids is 2. The van der Waals surface area contributed by atoms with Gasteiger partial charge in [0.25, 0.3) is 0 Å². The molecule has 1 aliphatic carbocycles. The van der Waals surface area contributed by atoms with Gasteiger partial charge in [-0.2, -0.15) is 0 Å². The van der Waals surface area contributed by atoms with Crippen molar-refractivity contribution in [3.63, 3.8) is 0 Å². The molecule has 1 aliphatic heterocycles. The maximum atomic E-state index is 13.1. The van der Waals surface area contributed by atoms with Crippen LogP contribution >= 0.6 is 0 Å². The predicted octanol–water partition coefficient (Wildman–Crippen LogP) is 3.74. The summed E-state index contributed by atoms with van der Waals surface area (Å²) in [6, 6.07) is 12.5. The second-order valence-corrected chi connectivity index (χ2v) is 10.8. The number of anilines is 2. The fourth-order valence-electron chi connectivity index (χ4n) is 4.09. The molecule has 7 heteroatoms. The molecule has 164 valence electrons. The monoisotopic (exact) mass is 440 g/mol. The number of fused-ring (bicyclic) bond motifs is 1.